The summed E-state index contributed by atoms with van der Waals surface area (Å²) in [7, 11) is -4.39. The predicted octanol–water partition coefficient (Wildman–Crippen LogP) is 17.6. The van der Waals surface area contributed by atoms with Crippen LogP contribution in [0.2, 0.25) is 0 Å². The Bertz CT molecular complexity index is 1190. The van der Waals surface area contributed by atoms with Crippen molar-refractivity contribution >= 4 is 19.8 Å². The van der Waals surface area contributed by atoms with Gasteiger partial charge in [-0.2, -0.15) is 0 Å². The van der Waals surface area contributed by atoms with E-state index in [0.717, 1.165) is 70.6 Å². The van der Waals surface area contributed by atoms with Gasteiger partial charge >= 0.3 is 19.8 Å². The number of esters is 2. The van der Waals surface area contributed by atoms with Gasteiger partial charge in [-0.1, -0.05) is 262 Å². The van der Waals surface area contributed by atoms with E-state index in [1.54, 1.807) is 0 Å². The van der Waals surface area contributed by atoms with Crippen LogP contribution in [-0.2, 0) is 32.7 Å². The summed E-state index contributed by atoms with van der Waals surface area (Å²) >= 11 is 0. The Labute approximate surface area is 414 Å². The highest BCUT2D eigenvalue weighted by atomic mass is 31.2. The van der Waals surface area contributed by atoms with E-state index in [1.807, 2.05) is 0 Å². The molecular formula is C57H108NO8P. The molecule has 0 heterocycles. The van der Waals surface area contributed by atoms with Crippen molar-refractivity contribution in [2.75, 3.05) is 26.4 Å². The SMILES string of the molecule is CC/C=C\C/C=C\C/C=C\CCCCCCCC(=O)OC(COC(=O)CCCCCCCCCCCCCCCCCCCCCCCCCCCCCCCCC)COP(=O)(O)OCCN. The molecule has 0 fully saturated rings. The second kappa shape index (κ2) is 53.6. The van der Waals surface area contributed by atoms with Crippen molar-refractivity contribution in [3.8, 4) is 0 Å². The zero-order valence-corrected chi connectivity index (χ0v) is 44.8. The smallest absolute Gasteiger partial charge is 0.462 e. The molecule has 10 heteroatoms. The van der Waals surface area contributed by atoms with Crippen molar-refractivity contribution in [2.24, 2.45) is 5.73 Å². The molecular weight excluding hydrogens is 858 g/mol. The first-order valence-corrected chi connectivity index (χ1v) is 30.0. The van der Waals surface area contributed by atoms with Crippen molar-refractivity contribution in [1.29, 1.82) is 0 Å². The summed E-state index contributed by atoms with van der Waals surface area (Å²) in [5.74, 6) is -0.836. The number of phosphoric ester groups is 1. The maximum atomic E-state index is 12.6. The largest absolute Gasteiger partial charge is 0.472 e. The van der Waals surface area contributed by atoms with Crippen LogP contribution < -0.4 is 5.73 Å². The van der Waals surface area contributed by atoms with Gasteiger partial charge in [0.05, 0.1) is 13.2 Å². The molecule has 0 saturated carbocycles. The maximum Gasteiger partial charge on any atom is 0.472 e. The monoisotopic (exact) mass is 966 g/mol. The molecule has 0 saturated heterocycles. The zero-order valence-electron chi connectivity index (χ0n) is 43.9. The normalized spacial score (nSPS) is 13.3. The van der Waals surface area contributed by atoms with Crippen LogP contribution in [0.3, 0.4) is 0 Å². The molecule has 0 aromatic carbocycles. The number of unbranched alkanes of at least 4 members (excludes halogenated alkanes) is 35. The summed E-state index contributed by atoms with van der Waals surface area (Å²) < 4.78 is 32.9. The summed E-state index contributed by atoms with van der Waals surface area (Å²) in [4.78, 5) is 35.1. The van der Waals surface area contributed by atoms with Gasteiger partial charge in [0.25, 0.3) is 0 Å². The Morgan fingerprint density at radius 3 is 1.22 bits per heavy atom. The molecule has 0 bridgehead atoms. The van der Waals surface area contributed by atoms with Gasteiger partial charge in [0.2, 0.25) is 0 Å². The topological polar surface area (TPSA) is 134 Å². The average Bonchev–Trinajstić information content (AvgIpc) is 3.32. The van der Waals surface area contributed by atoms with E-state index in [0.29, 0.717) is 6.42 Å². The summed E-state index contributed by atoms with van der Waals surface area (Å²) in [5.41, 5.74) is 5.37. The van der Waals surface area contributed by atoms with E-state index in [9.17, 15) is 19.0 Å². The maximum absolute atomic E-state index is 12.6. The zero-order chi connectivity index (χ0) is 48.8. The van der Waals surface area contributed by atoms with Crippen LogP contribution in [-0.4, -0.2) is 49.3 Å². The van der Waals surface area contributed by atoms with E-state index >= 15 is 0 Å². The van der Waals surface area contributed by atoms with E-state index in [4.69, 9.17) is 24.3 Å². The summed E-state index contributed by atoms with van der Waals surface area (Å²) in [6.45, 7) is 3.65. The molecule has 0 aromatic rings. The second-order valence-corrected chi connectivity index (χ2v) is 20.6. The lowest BCUT2D eigenvalue weighted by Crippen LogP contribution is -2.29. The van der Waals surface area contributed by atoms with E-state index in [1.165, 1.54) is 180 Å². The lowest BCUT2D eigenvalue weighted by Gasteiger charge is -2.19. The van der Waals surface area contributed by atoms with Gasteiger partial charge < -0.3 is 20.1 Å². The quantitative estimate of drug-likeness (QED) is 0.0264. The van der Waals surface area contributed by atoms with Crippen molar-refractivity contribution in [1.82, 2.24) is 0 Å². The van der Waals surface area contributed by atoms with Crippen LogP contribution in [0.4, 0.5) is 0 Å². The minimum atomic E-state index is -4.39. The molecule has 0 spiro atoms. The number of hydrogen-bond acceptors (Lipinski definition) is 8. The van der Waals surface area contributed by atoms with Gasteiger partial charge in [-0.25, -0.2) is 4.57 Å². The van der Waals surface area contributed by atoms with Crippen molar-refractivity contribution in [3.05, 3.63) is 36.5 Å². The highest BCUT2D eigenvalue weighted by molar-refractivity contribution is 7.47. The van der Waals surface area contributed by atoms with Gasteiger partial charge in [-0.15, -0.1) is 0 Å². The minimum absolute atomic E-state index is 0.0510. The van der Waals surface area contributed by atoms with Crippen LogP contribution in [0.5, 0.6) is 0 Å². The molecule has 0 aliphatic carbocycles. The predicted molar refractivity (Wildman–Crippen MR) is 284 cm³/mol. The number of nitrogens with two attached hydrogens (primary N) is 1. The molecule has 0 radical (unpaired) electrons. The van der Waals surface area contributed by atoms with Gasteiger partial charge in [0.1, 0.15) is 6.61 Å². The third kappa shape index (κ3) is 53.4. The molecule has 2 unspecified atom stereocenters. The molecule has 0 aromatic heterocycles. The van der Waals surface area contributed by atoms with Crippen molar-refractivity contribution in [3.63, 3.8) is 0 Å². The number of phosphoric acid groups is 1. The first-order chi connectivity index (χ1) is 32.8. The molecule has 0 aliphatic rings. The molecule has 67 heavy (non-hydrogen) atoms. The first kappa shape index (κ1) is 65.2. The Balaban J connectivity index is 3.84. The number of rotatable bonds is 54. The number of hydrogen-bond donors (Lipinski definition) is 2. The molecule has 9 nitrogen and oxygen atoms in total. The number of ether oxygens (including phenoxy) is 2. The highest BCUT2D eigenvalue weighted by Crippen LogP contribution is 2.43. The van der Waals surface area contributed by atoms with Gasteiger partial charge in [0.15, 0.2) is 6.10 Å². The molecule has 0 amide bonds. The Kier molecular flexibility index (Phi) is 52.2. The fraction of sp³-hybridized carbons (Fsp3) is 0.860. The highest BCUT2D eigenvalue weighted by Gasteiger charge is 2.26. The lowest BCUT2D eigenvalue weighted by atomic mass is 10.0. The van der Waals surface area contributed by atoms with Crippen molar-refractivity contribution < 1.29 is 37.6 Å². The van der Waals surface area contributed by atoms with Gasteiger partial charge in [-0.3, -0.25) is 18.6 Å². The van der Waals surface area contributed by atoms with E-state index in [2.05, 4.69) is 50.3 Å². The average molecular weight is 966 g/mol. The van der Waals surface area contributed by atoms with Crippen LogP contribution in [0, 0.1) is 0 Å². The third-order valence-electron chi connectivity index (χ3n) is 12.5. The molecule has 0 rings (SSSR count). The van der Waals surface area contributed by atoms with E-state index in [-0.39, 0.29) is 38.6 Å². The molecule has 2 atom stereocenters. The minimum Gasteiger partial charge on any atom is -0.462 e. The molecule has 394 valence electrons. The van der Waals surface area contributed by atoms with Gasteiger partial charge in [0, 0.05) is 19.4 Å². The summed E-state index contributed by atoms with van der Waals surface area (Å²) in [5, 5.41) is 0. The fourth-order valence-electron chi connectivity index (χ4n) is 8.36. The summed E-state index contributed by atoms with van der Waals surface area (Å²) in [6.07, 6.45) is 63.7. The fourth-order valence-corrected chi connectivity index (χ4v) is 9.12. The first-order valence-electron chi connectivity index (χ1n) is 28.5. The van der Waals surface area contributed by atoms with Crippen molar-refractivity contribution in [2.45, 2.75) is 290 Å². The number of allylic oxidation sites excluding steroid dienone is 6. The van der Waals surface area contributed by atoms with Crippen LogP contribution in [0.1, 0.15) is 284 Å². The lowest BCUT2D eigenvalue weighted by molar-refractivity contribution is -0.161. The second-order valence-electron chi connectivity index (χ2n) is 19.1. The summed E-state index contributed by atoms with van der Waals surface area (Å²) in [6, 6.07) is 0. The standard InChI is InChI=1S/C57H108NO8P/c1-3-5-7-9-11-13-15-17-19-20-21-22-23-24-25-26-27-28-29-30-31-32-33-34-36-37-39-41-43-45-47-49-56(59)63-53-55(54-65-67(61,62)64-52-51-58)66-57(60)50-48-46-44-42-40-38-35-18-16-14-12-10-8-6-4-2/h6,8,12,14,18,35,55H,3-5,7,9-11,13,15-17,19-34,36-54,58H2,1-2H3,(H,61,62)/b8-6-,14-12-,35-18-. The Morgan fingerprint density at radius 1 is 0.463 bits per heavy atom. The molecule has 0 aliphatic heterocycles. The van der Waals surface area contributed by atoms with Crippen LogP contribution >= 0.6 is 7.82 Å². The van der Waals surface area contributed by atoms with Gasteiger partial charge in [-0.05, 0) is 44.9 Å². The molecule has 3 N–H and O–H groups in total. The van der Waals surface area contributed by atoms with E-state index < -0.39 is 26.5 Å². The number of carbonyl (C=O) groups is 2. The number of carbonyl (C=O) groups excluding carboxylic acids is 2. The Morgan fingerprint density at radius 2 is 0.821 bits per heavy atom. The van der Waals surface area contributed by atoms with Crippen LogP contribution in [0.15, 0.2) is 36.5 Å². The Hall–Kier alpha value is -1.77. The third-order valence-corrected chi connectivity index (χ3v) is 13.5. The van der Waals surface area contributed by atoms with Crippen LogP contribution in [0.25, 0.3) is 0 Å².